The first-order chi connectivity index (χ1) is 20.1. The van der Waals surface area contributed by atoms with Gasteiger partial charge in [-0.1, -0.05) is 75.4 Å². The molecular formula is C30H54N5O5PS. The lowest BCUT2D eigenvalue weighted by atomic mass is 10.0. The van der Waals surface area contributed by atoms with E-state index < -0.39 is 24.0 Å². The highest BCUT2D eigenvalue weighted by atomic mass is 32.3. The van der Waals surface area contributed by atoms with E-state index in [4.69, 9.17) is 19.7 Å². The minimum atomic E-state index is -3.87. The van der Waals surface area contributed by atoms with Crippen LogP contribution in [0.5, 0.6) is 0 Å². The summed E-state index contributed by atoms with van der Waals surface area (Å²) in [6.07, 6.45) is 25.3. The van der Waals surface area contributed by atoms with Gasteiger partial charge in [-0.15, -0.1) is 0 Å². The van der Waals surface area contributed by atoms with Crippen molar-refractivity contribution >= 4 is 34.6 Å². The lowest BCUT2D eigenvalue weighted by Crippen LogP contribution is -2.18. The number of imidazole rings is 1. The summed E-state index contributed by atoms with van der Waals surface area (Å²) in [6.45, 7) is 3.18. The molecule has 2 aromatic rings. The Balaban J connectivity index is 1.36. The normalized spacial score (nSPS) is 14.4. The fraction of sp³-hybridized carbons (Fsp3) is 0.767. The van der Waals surface area contributed by atoms with Gasteiger partial charge in [0.25, 0.3) is 0 Å². The molecular weight excluding hydrogens is 573 g/mol. The Bertz CT molecular complexity index is 1130. The van der Waals surface area contributed by atoms with E-state index in [9.17, 15) is 9.46 Å². The molecule has 12 heteroatoms. The van der Waals surface area contributed by atoms with E-state index in [2.05, 4.69) is 44.9 Å². The number of hydrogen-bond donors (Lipinski definition) is 2. The number of nitrogen functional groups attached to an aromatic ring is 1. The van der Waals surface area contributed by atoms with Crippen LogP contribution in [0.2, 0.25) is 0 Å². The smallest absolute Gasteiger partial charge is 0.353 e. The van der Waals surface area contributed by atoms with Gasteiger partial charge in [0.1, 0.15) is 18.2 Å². The van der Waals surface area contributed by atoms with Crippen molar-refractivity contribution < 1.29 is 23.5 Å². The Morgan fingerprint density at radius 2 is 1.55 bits per heavy atom. The second kappa shape index (κ2) is 20.3. The molecule has 1 unspecified atom stereocenters. The number of nitrogens with zero attached hydrogens (tertiary/aromatic N) is 4. The van der Waals surface area contributed by atoms with Crippen LogP contribution in [-0.2, 0) is 25.1 Å². The van der Waals surface area contributed by atoms with Gasteiger partial charge in [0.05, 0.1) is 32.2 Å². The largest absolute Gasteiger partial charge is 0.382 e. The second-order valence-electron chi connectivity index (χ2n) is 11.6. The molecule has 0 aliphatic heterocycles. The van der Waals surface area contributed by atoms with Crippen LogP contribution in [0.3, 0.4) is 0 Å². The Kier molecular flexibility index (Phi) is 17.7. The van der Waals surface area contributed by atoms with Crippen molar-refractivity contribution in [1.82, 2.24) is 19.5 Å². The molecule has 0 spiro atoms. The van der Waals surface area contributed by atoms with Crippen LogP contribution >= 0.6 is 17.6 Å². The maximum Gasteiger partial charge on any atom is 0.353 e. The van der Waals surface area contributed by atoms with Gasteiger partial charge in [-0.3, -0.25) is 4.57 Å². The summed E-state index contributed by atoms with van der Waals surface area (Å²) in [5.74, 6) is 3.65. The van der Waals surface area contributed by atoms with Crippen molar-refractivity contribution in [1.29, 1.82) is 0 Å². The Morgan fingerprint density at radius 1 is 0.929 bits per heavy atom. The number of hydrogen-bond acceptors (Lipinski definition) is 8. The van der Waals surface area contributed by atoms with E-state index in [0.717, 1.165) is 19.3 Å². The zero-order chi connectivity index (χ0) is 30.7. The lowest BCUT2D eigenvalue weighted by Gasteiger charge is -2.17. The van der Waals surface area contributed by atoms with E-state index in [1.165, 1.54) is 70.5 Å². The van der Waals surface area contributed by atoms with E-state index in [-0.39, 0.29) is 19.3 Å². The predicted octanol–water partition coefficient (Wildman–Crippen LogP) is 6.72. The molecule has 2 heterocycles. The van der Waals surface area contributed by atoms with Gasteiger partial charge in [0.15, 0.2) is 11.5 Å². The fourth-order valence-electron chi connectivity index (χ4n) is 4.41. The highest BCUT2D eigenvalue weighted by Gasteiger charge is 2.21. The third-order valence-electron chi connectivity index (χ3n) is 6.65. The van der Waals surface area contributed by atoms with Crippen LogP contribution in [0.15, 0.2) is 12.7 Å². The molecule has 0 saturated heterocycles. The van der Waals surface area contributed by atoms with Crippen LogP contribution < -0.4 is 5.73 Å². The molecule has 10 nitrogen and oxygen atoms in total. The van der Waals surface area contributed by atoms with Gasteiger partial charge in [0, 0.05) is 13.0 Å². The van der Waals surface area contributed by atoms with E-state index in [0.29, 0.717) is 30.1 Å². The molecule has 3 N–H and O–H groups in total. The number of fused-ring (bicyclic) bond motifs is 1. The average molecular weight is 628 g/mol. The van der Waals surface area contributed by atoms with Gasteiger partial charge in [0.2, 0.25) is 0 Å². The SMILES string of the molecule is C[C@H](Cn1cnc2c(N)ncnc21)OCP(=O)(O)OCCOCCCCCCCCCCCCCCC#CS(C)(C)C. The van der Waals surface area contributed by atoms with Gasteiger partial charge in [-0.25, -0.2) is 15.0 Å². The first kappa shape index (κ1) is 36.5. The summed E-state index contributed by atoms with van der Waals surface area (Å²) < 4.78 is 30.3. The summed E-state index contributed by atoms with van der Waals surface area (Å²) in [5.41, 5.74) is 6.91. The van der Waals surface area contributed by atoms with E-state index in [1.54, 1.807) is 17.8 Å². The quantitative estimate of drug-likeness (QED) is 0.0782. The maximum atomic E-state index is 12.3. The Morgan fingerprint density at radius 3 is 2.19 bits per heavy atom. The molecule has 0 aliphatic carbocycles. The minimum Gasteiger partial charge on any atom is -0.382 e. The van der Waals surface area contributed by atoms with Crippen molar-refractivity contribution in [2.24, 2.45) is 0 Å². The van der Waals surface area contributed by atoms with Gasteiger partial charge < -0.3 is 29.2 Å². The molecule has 42 heavy (non-hydrogen) atoms. The second-order valence-corrected chi connectivity index (χ2v) is 17.3. The first-order valence-corrected chi connectivity index (χ1v) is 19.9. The Hall–Kier alpha value is -1.67. The Labute approximate surface area is 254 Å². The molecule has 0 fully saturated rings. The topological polar surface area (TPSA) is 135 Å². The molecule has 0 aromatic carbocycles. The number of rotatable bonds is 23. The number of ether oxygens (including phenoxy) is 2. The highest BCUT2D eigenvalue weighted by molar-refractivity contribution is 8.35. The van der Waals surface area contributed by atoms with Crippen molar-refractivity contribution in [3.8, 4) is 11.2 Å². The van der Waals surface area contributed by atoms with Crippen molar-refractivity contribution in [3.05, 3.63) is 12.7 Å². The highest BCUT2D eigenvalue weighted by Crippen LogP contribution is 2.41. The van der Waals surface area contributed by atoms with Gasteiger partial charge in [-0.05, 0) is 38.5 Å². The van der Waals surface area contributed by atoms with Crippen LogP contribution in [0.25, 0.3) is 11.2 Å². The summed E-state index contributed by atoms with van der Waals surface area (Å²) >= 11 is 0. The molecule has 0 radical (unpaired) electrons. The summed E-state index contributed by atoms with van der Waals surface area (Å²) in [5, 5.41) is 3.39. The van der Waals surface area contributed by atoms with Crippen molar-refractivity contribution in [3.63, 3.8) is 0 Å². The molecule has 2 atom stereocenters. The van der Waals surface area contributed by atoms with Crippen molar-refractivity contribution in [2.45, 2.75) is 103 Å². The predicted molar refractivity (Wildman–Crippen MR) is 175 cm³/mol. The molecule has 240 valence electrons. The average Bonchev–Trinajstić information content (AvgIpc) is 3.34. The van der Waals surface area contributed by atoms with Crippen LogP contribution in [0, 0.1) is 11.2 Å². The van der Waals surface area contributed by atoms with Gasteiger partial charge in [-0.2, -0.15) is 10.0 Å². The van der Waals surface area contributed by atoms with E-state index >= 15 is 0 Å². The summed E-state index contributed by atoms with van der Waals surface area (Å²) in [6, 6.07) is 0. The third-order valence-corrected chi connectivity index (χ3v) is 8.46. The lowest BCUT2D eigenvalue weighted by molar-refractivity contribution is 0.0610. The number of nitrogens with two attached hydrogens (primary N) is 1. The number of aromatic nitrogens is 4. The monoisotopic (exact) mass is 627 g/mol. The zero-order valence-corrected chi connectivity index (χ0v) is 28.0. The number of unbranched alkanes of at least 4 members (excludes halogenated alkanes) is 12. The summed E-state index contributed by atoms with van der Waals surface area (Å²) in [7, 11) is -4.53. The molecule has 0 aliphatic rings. The summed E-state index contributed by atoms with van der Waals surface area (Å²) in [4.78, 5) is 22.4. The molecule has 0 bridgehead atoms. The molecule has 0 amide bonds. The fourth-order valence-corrected chi connectivity index (χ4v) is 5.83. The molecule has 0 saturated carbocycles. The first-order valence-electron chi connectivity index (χ1n) is 15.3. The molecule has 2 aromatic heterocycles. The molecule has 2 rings (SSSR count). The maximum absolute atomic E-state index is 12.3. The van der Waals surface area contributed by atoms with Crippen LogP contribution in [-0.4, -0.2) is 75.5 Å². The van der Waals surface area contributed by atoms with Crippen LogP contribution in [0.1, 0.15) is 90.4 Å². The van der Waals surface area contributed by atoms with Crippen molar-refractivity contribution in [2.75, 3.05) is 50.7 Å². The minimum absolute atomic E-state index is 0.0556. The number of anilines is 1. The van der Waals surface area contributed by atoms with Gasteiger partial charge >= 0.3 is 7.60 Å². The third kappa shape index (κ3) is 16.8. The van der Waals surface area contributed by atoms with E-state index in [1.807, 2.05) is 0 Å². The zero-order valence-electron chi connectivity index (χ0n) is 26.3. The standard InChI is InChI=1S/C30H54N5O5PS/c1-27(23-35-25-34-28-29(31)32-24-33-30(28)35)39-26-41(36,37)40-21-20-38-19-17-15-13-11-9-7-5-6-8-10-12-14-16-18-22-42(2,3)4/h24-25,27H,5-17,19-21,23,26H2,1-4H3,(H,36,37)(H2,31,32,33)/t27-/m1/s1. The van der Waals surface area contributed by atoms with Crippen LogP contribution in [0.4, 0.5) is 5.82 Å².